The average molecular weight is 547 g/mol. The number of nitrogens with one attached hydrogen (secondary N) is 2. The van der Waals surface area contributed by atoms with Crippen LogP contribution < -0.4 is 15.5 Å². The van der Waals surface area contributed by atoms with Gasteiger partial charge in [-0.3, -0.25) is 10.2 Å². The molecule has 0 atom stereocenters. The Hall–Kier alpha value is -4.59. The van der Waals surface area contributed by atoms with E-state index in [0.29, 0.717) is 5.56 Å². The number of methoxy groups -OCH3 is 1. The van der Waals surface area contributed by atoms with Crippen molar-refractivity contribution in [1.82, 2.24) is 41.1 Å². The molecule has 2 aromatic heterocycles. The molecule has 4 rings (SSSR count). The lowest BCUT2D eigenvalue weighted by molar-refractivity contribution is 0.0793. The maximum absolute atomic E-state index is 15.0. The third kappa shape index (κ3) is 5.70. The van der Waals surface area contributed by atoms with Crippen LogP contribution in [0.25, 0.3) is 22.5 Å². The van der Waals surface area contributed by atoms with E-state index in [0.717, 1.165) is 11.1 Å². The van der Waals surface area contributed by atoms with E-state index >= 15 is 4.39 Å². The van der Waals surface area contributed by atoms with Crippen molar-refractivity contribution in [2.75, 3.05) is 13.7 Å². The van der Waals surface area contributed by atoms with Gasteiger partial charge < -0.3 is 14.6 Å². The van der Waals surface area contributed by atoms with Crippen LogP contribution in [-0.4, -0.2) is 56.0 Å². The molecular formula is C23H21ClF2N8O4. The lowest BCUT2D eigenvalue weighted by atomic mass is 9.97. The van der Waals surface area contributed by atoms with Crippen LogP contribution in [0.1, 0.15) is 23.0 Å². The van der Waals surface area contributed by atoms with E-state index in [1.807, 2.05) is 0 Å². The molecule has 0 radical (unpaired) electrons. The largest absolute Gasteiger partial charge is 0.479 e. The zero-order valence-corrected chi connectivity index (χ0v) is 21.1. The van der Waals surface area contributed by atoms with Crippen LogP contribution in [0.15, 0.2) is 40.9 Å². The van der Waals surface area contributed by atoms with Crippen molar-refractivity contribution < 1.29 is 27.6 Å². The molecule has 0 aliphatic carbocycles. The number of hydrogen-bond acceptors (Lipinski definition) is 8. The van der Waals surface area contributed by atoms with Crippen molar-refractivity contribution in [3.8, 4) is 28.4 Å². The number of halogens is 3. The van der Waals surface area contributed by atoms with E-state index in [1.54, 1.807) is 13.0 Å². The molecule has 0 unspecified atom stereocenters. The van der Waals surface area contributed by atoms with Gasteiger partial charge in [-0.25, -0.2) is 18.6 Å². The summed E-state index contributed by atoms with van der Waals surface area (Å²) in [5.74, 6) is -2.13. The fourth-order valence-corrected chi connectivity index (χ4v) is 3.66. The Kier molecular flexibility index (Phi) is 7.81. The smallest absolute Gasteiger partial charge is 0.336 e. The molecule has 198 valence electrons. The Morgan fingerprint density at radius 3 is 2.61 bits per heavy atom. The first-order valence-electron chi connectivity index (χ1n) is 11.1. The molecule has 2 aromatic carbocycles. The molecule has 0 saturated carbocycles. The number of hydrazine groups is 1. The number of nitrogens with zero attached hydrogens (tertiary/aromatic N) is 6. The van der Waals surface area contributed by atoms with Gasteiger partial charge in [-0.2, -0.15) is 4.80 Å². The van der Waals surface area contributed by atoms with E-state index in [9.17, 15) is 14.0 Å². The number of tetrazole rings is 1. The fourth-order valence-electron chi connectivity index (χ4n) is 3.45. The minimum atomic E-state index is -0.726. The van der Waals surface area contributed by atoms with E-state index in [1.165, 1.54) is 43.2 Å². The van der Waals surface area contributed by atoms with E-state index in [2.05, 4.69) is 31.3 Å². The number of carbonyl (C=O) groups excluding carboxylic acids is 2. The number of aryl methyl sites for hydroxylation is 1. The number of carbonyl (C=O) groups is 2. The van der Waals surface area contributed by atoms with Gasteiger partial charge in [0.2, 0.25) is 11.6 Å². The first-order valence-corrected chi connectivity index (χ1v) is 11.5. The van der Waals surface area contributed by atoms with Gasteiger partial charge in [-0.15, -0.1) is 10.2 Å². The molecule has 2 heterocycles. The summed E-state index contributed by atoms with van der Waals surface area (Å²) in [5, 5.41) is 18.8. The van der Waals surface area contributed by atoms with Crippen LogP contribution in [0, 0.1) is 11.6 Å². The first kappa shape index (κ1) is 26.5. The average Bonchev–Trinajstić information content (AvgIpc) is 3.55. The zero-order valence-electron chi connectivity index (χ0n) is 20.3. The van der Waals surface area contributed by atoms with Crippen LogP contribution in [0.2, 0.25) is 5.02 Å². The van der Waals surface area contributed by atoms with Gasteiger partial charge in [-0.05, 0) is 46.6 Å². The molecule has 4 aromatic rings. The van der Waals surface area contributed by atoms with E-state index in [4.69, 9.17) is 20.9 Å². The highest BCUT2D eigenvalue weighted by molar-refractivity contribution is 6.31. The van der Waals surface area contributed by atoms with Gasteiger partial charge in [0.1, 0.15) is 11.6 Å². The number of hydrogen-bond donors (Lipinski definition) is 2. The first-order chi connectivity index (χ1) is 18.2. The number of urea groups is 1. The lowest BCUT2D eigenvalue weighted by Gasteiger charge is -2.21. The van der Waals surface area contributed by atoms with Crippen molar-refractivity contribution in [1.29, 1.82) is 0 Å². The minimum absolute atomic E-state index is 0.0129. The summed E-state index contributed by atoms with van der Waals surface area (Å²) in [6.45, 7) is 1.53. The quantitative estimate of drug-likeness (QED) is 0.336. The monoisotopic (exact) mass is 546 g/mol. The normalized spacial score (nSPS) is 10.8. The van der Waals surface area contributed by atoms with Crippen molar-refractivity contribution >= 4 is 23.5 Å². The second kappa shape index (κ2) is 11.2. The van der Waals surface area contributed by atoms with Crippen LogP contribution >= 0.6 is 11.6 Å². The zero-order chi connectivity index (χ0) is 27.4. The predicted molar refractivity (Wildman–Crippen MR) is 130 cm³/mol. The van der Waals surface area contributed by atoms with Crippen LogP contribution in [0.5, 0.6) is 5.88 Å². The fraction of sp³-hybridized carbons (Fsp3) is 0.217. The molecule has 0 aliphatic rings. The maximum Gasteiger partial charge on any atom is 0.336 e. The third-order valence-corrected chi connectivity index (χ3v) is 5.52. The summed E-state index contributed by atoms with van der Waals surface area (Å²) in [7, 11) is 2.89. The Morgan fingerprint density at radius 2 is 1.97 bits per heavy atom. The Labute approximate surface area is 219 Å². The van der Waals surface area contributed by atoms with Gasteiger partial charge in [-0.1, -0.05) is 23.7 Å². The Balaban J connectivity index is 1.48. The van der Waals surface area contributed by atoms with Crippen molar-refractivity contribution in [2.45, 2.75) is 13.5 Å². The summed E-state index contributed by atoms with van der Waals surface area (Å²) in [6.07, 6.45) is 0. The van der Waals surface area contributed by atoms with Gasteiger partial charge in [0, 0.05) is 23.7 Å². The minimum Gasteiger partial charge on any atom is -0.479 e. The molecule has 3 amide bonds. The molecule has 12 nitrogen and oxygen atoms in total. The molecule has 0 spiro atoms. The molecule has 0 fully saturated rings. The molecule has 15 heteroatoms. The van der Waals surface area contributed by atoms with Crippen molar-refractivity contribution in [3.63, 3.8) is 0 Å². The highest BCUT2D eigenvalue weighted by Crippen LogP contribution is 2.35. The Bertz CT molecular complexity index is 1490. The van der Waals surface area contributed by atoms with Gasteiger partial charge >= 0.3 is 11.9 Å². The maximum atomic E-state index is 15.0. The van der Waals surface area contributed by atoms with Crippen LogP contribution in [0.3, 0.4) is 0 Å². The number of aromatic nitrogens is 5. The number of benzene rings is 2. The molecule has 0 saturated heterocycles. The Morgan fingerprint density at radius 1 is 1.18 bits per heavy atom. The molecule has 38 heavy (non-hydrogen) atoms. The van der Waals surface area contributed by atoms with Gasteiger partial charge in [0.05, 0.1) is 25.8 Å². The SMILES string of the molecule is CCN(NC(=O)c1cc(OC)no1)C(=O)NCc1ccc(-c2cc(Cl)cc(F)c2-c2nnn(C)n2)cc1F. The highest BCUT2D eigenvalue weighted by atomic mass is 35.5. The summed E-state index contributed by atoms with van der Waals surface area (Å²) < 4.78 is 39.6. The number of rotatable bonds is 7. The van der Waals surface area contributed by atoms with Gasteiger partial charge in [0.25, 0.3) is 5.88 Å². The summed E-state index contributed by atoms with van der Waals surface area (Å²) in [4.78, 5) is 26.0. The van der Waals surface area contributed by atoms with Crippen molar-refractivity contribution in [2.24, 2.45) is 7.05 Å². The summed E-state index contributed by atoms with van der Waals surface area (Å²) in [6, 6.07) is 7.31. The lowest BCUT2D eigenvalue weighted by Crippen LogP contribution is -2.50. The molecular weight excluding hydrogens is 526 g/mol. The molecule has 0 bridgehead atoms. The number of ether oxygens (including phenoxy) is 1. The van der Waals surface area contributed by atoms with Crippen molar-refractivity contribution in [3.05, 3.63) is 64.4 Å². The van der Waals surface area contributed by atoms with Gasteiger partial charge in [0.15, 0.2) is 0 Å². The number of amides is 3. The topological polar surface area (TPSA) is 140 Å². The highest BCUT2D eigenvalue weighted by Gasteiger charge is 2.21. The standard InChI is InChI=1S/C23H21ClF2N8O4/c1-4-34(30-22(35)18-10-19(37-3)31-38-18)23(36)27-11-13-6-5-12(7-16(13)25)15-8-14(24)9-17(26)20(15)21-28-32-33(2)29-21/h5-10H,4,11H2,1-3H3,(H,27,36)(H,30,35). The van der Waals surface area contributed by atoms with Crippen LogP contribution in [-0.2, 0) is 13.6 Å². The molecule has 2 N–H and O–H groups in total. The van der Waals surface area contributed by atoms with E-state index in [-0.39, 0.29) is 52.3 Å². The third-order valence-electron chi connectivity index (χ3n) is 5.30. The second-order valence-electron chi connectivity index (χ2n) is 7.80. The van der Waals surface area contributed by atoms with E-state index < -0.39 is 23.6 Å². The summed E-state index contributed by atoms with van der Waals surface area (Å²) in [5.41, 5.74) is 3.10. The second-order valence-corrected chi connectivity index (χ2v) is 8.23. The molecule has 0 aliphatic heterocycles. The summed E-state index contributed by atoms with van der Waals surface area (Å²) >= 11 is 6.05. The van der Waals surface area contributed by atoms with Crippen LogP contribution in [0.4, 0.5) is 13.6 Å². The predicted octanol–water partition coefficient (Wildman–Crippen LogP) is 3.35.